The summed E-state index contributed by atoms with van der Waals surface area (Å²) in [5.41, 5.74) is 0.141. The van der Waals surface area contributed by atoms with E-state index < -0.39 is 13.9 Å². The van der Waals surface area contributed by atoms with E-state index in [1.807, 2.05) is 37.3 Å². The number of aliphatic hydroxyl groups excluding tert-OH is 1. The summed E-state index contributed by atoms with van der Waals surface area (Å²) >= 11 is 0. The number of benzene rings is 1. The lowest BCUT2D eigenvalue weighted by atomic mass is 9.97. The molecule has 4 heteroatoms. The zero-order chi connectivity index (χ0) is 14.4. The third kappa shape index (κ3) is 3.89. The van der Waals surface area contributed by atoms with Crippen LogP contribution in [0.5, 0.6) is 0 Å². The molecule has 0 spiro atoms. The van der Waals surface area contributed by atoms with Gasteiger partial charge >= 0.3 is 0 Å². The minimum atomic E-state index is -1.81. The molecule has 108 valence electrons. The molecular formula is C15H26O3Si. The molecular weight excluding hydrogens is 256 g/mol. The fourth-order valence-corrected chi connectivity index (χ4v) is 4.28. The van der Waals surface area contributed by atoms with Crippen LogP contribution in [-0.2, 0) is 15.1 Å². The van der Waals surface area contributed by atoms with Crippen molar-refractivity contribution >= 4 is 8.32 Å². The van der Waals surface area contributed by atoms with Crippen molar-refractivity contribution in [3.8, 4) is 0 Å². The second kappa shape index (κ2) is 7.19. The second-order valence-corrected chi connectivity index (χ2v) is 9.82. The Morgan fingerprint density at radius 2 is 1.58 bits per heavy atom. The SMILES string of the molecule is CC[Si](CC)(CC)OOC(C)(CO)c1ccccc1. The van der Waals surface area contributed by atoms with E-state index in [4.69, 9.17) is 9.46 Å². The maximum Gasteiger partial charge on any atom is 0.238 e. The lowest BCUT2D eigenvalue weighted by Crippen LogP contribution is -2.41. The average Bonchev–Trinajstić information content (AvgIpc) is 2.50. The monoisotopic (exact) mass is 282 g/mol. The van der Waals surface area contributed by atoms with Crippen molar-refractivity contribution in [2.24, 2.45) is 0 Å². The Balaban J connectivity index is 2.82. The maximum absolute atomic E-state index is 9.66. The van der Waals surface area contributed by atoms with Crippen LogP contribution in [0.4, 0.5) is 0 Å². The minimum absolute atomic E-state index is 0.0986. The highest BCUT2D eigenvalue weighted by molar-refractivity contribution is 6.73. The van der Waals surface area contributed by atoms with Gasteiger partial charge in [0.2, 0.25) is 8.32 Å². The summed E-state index contributed by atoms with van der Waals surface area (Å²) < 4.78 is 5.87. The fourth-order valence-electron chi connectivity index (χ4n) is 2.06. The Morgan fingerprint density at radius 3 is 2.00 bits per heavy atom. The molecule has 0 aromatic heterocycles. The molecule has 0 fully saturated rings. The number of aliphatic hydroxyl groups is 1. The highest BCUT2D eigenvalue weighted by atomic mass is 28.4. The van der Waals surface area contributed by atoms with Crippen LogP contribution in [-0.4, -0.2) is 20.0 Å². The molecule has 3 nitrogen and oxygen atoms in total. The van der Waals surface area contributed by atoms with Gasteiger partial charge in [-0.2, -0.15) is 0 Å². The molecule has 1 atom stereocenters. The first-order chi connectivity index (χ1) is 9.05. The van der Waals surface area contributed by atoms with Crippen molar-refractivity contribution in [3.05, 3.63) is 35.9 Å². The molecule has 0 amide bonds. The van der Waals surface area contributed by atoms with Crippen LogP contribution < -0.4 is 0 Å². The highest BCUT2D eigenvalue weighted by Gasteiger charge is 2.36. The van der Waals surface area contributed by atoms with E-state index in [1.165, 1.54) is 0 Å². The second-order valence-electron chi connectivity index (χ2n) is 5.17. The van der Waals surface area contributed by atoms with Gasteiger partial charge in [-0.05, 0) is 30.6 Å². The molecule has 0 radical (unpaired) electrons. The Labute approximate surface area is 117 Å². The first-order valence-corrected chi connectivity index (χ1v) is 9.62. The number of hydrogen-bond acceptors (Lipinski definition) is 3. The van der Waals surface area contributed by atoms with Gasteiger partial charge in [-0.15, -0.1) is 0 Å². The lowest BCUT2D eigenvalue weighted by Gasteiger charge is -2.33. The zero-order valence-corrected chi connectivity index (χ0v) is 13.5. The summed E-state index contributed by atoms with van der Waals surface area (Å²) in [6.07, 6.45) is 0. The van der Waals surface area contributed by atoms with Crippen molar-refractivity contribution < 1.29 is 14.6 Å². The van der Waals surface area contributed by atoms with Gasteiger partial charge in [0, 0.05) is 0 Å². The van der Waals surface area contributed by atoms with Crippen LogP contribution in [0.15, 0.2) is 30.3 Å². The third-order valence-corrected chi connectivity index (χ3v) is 8.32. The molecule has 1 unspecified atom stereocenters. The van der Waals surface area contributed by atoms with Crippen LogP contribution in [0.1, 0.15) is 33.3 Å². The molecule has 1 aromatic rings. The molecule has 0 heterocycles. The van der Waals surface area contributed by atoms with Gasteiger partial charge in [-0.1, -0.05) is 51.1 Å². The Kier molecular flexibility index (Phi) is 6.20. The van der Waals surface area contributed by atoms with E-state index in [9.17, 15) is 5.11 Å². The van der Waals surface area contributed by atoms with Gasteiger partial charge in [0.1, 0.15) is 5.60 Å². The Morgan fingerprint density at radius 1 is 1.05 bits per heavy atom. The van der Waals surface area contributed by atoms with Crippen LogP contribution in [0.25, 0.3) is 0 Å². The van der Waals surface area contributed by atoms with Gasteiger partial charge in [0.15, 0.2) is 0 Å². The molecule has 0 saturated carbocycles. The van der Waals surface area contributed by atoms with Gasteiger partial charge < -0.3 is 5.11 Å². The first kappa shape index (κ1) is 16.4. The summed E-state index contributed by atoms with van der Waals surface area (Å²) in [6, 6.07) is 12.8. The van der Waals surface area contributed by atoms with Crippen molar-refractivity contribution in [1.82, 2.24) is 0 Å². The molecule has 0 saturated heterocycles. The van der Waals surface area contributed by atoms with Gasteiger partial charge in [-0.25, -0.2) is 4.89 Å². The lowest BCUT2D eigenvalue weighted by molar-refractivity contribution is -0.312. The molecule has 1 rings (SSSR count). The molecule has 0 bridgehead atoms. The van der Waals surface area contributed by atoms with Gasteiger partial charge in [0.25, 0.3) is 0 Å². The van der Waals surface area contributed by atoms with E-state index >= 15 is 0 Å². The minimum Gasteiger partial charge on any atom is -0.393 e. The summed E-state index contributed by atoms with van der Waals surface area (Å²) in [7, 11) is -1.81. The number of rotatable bonds is 8. The molecule has 1 aromatic carbocycles. The van der Waals surface area contributed by atoms with E-state index in [-0.39, 0.29) is 6.61 Å². The maximum atomic E-state index is 9.66. The standard InChI is InChI=1S/C15H26O3Si/c1-5-19(6-2,7-3)18-17-15(4,13-16)14-11-9-8-10-12-14/h8-12,16H,5-7,13H2,1-4H3. The van der Waals surface area contributed by atoms with Crippen LogP contribution in [0.2, 0.25) is 18.1 Å². The molecule has 0 aliphatic heterocycles. The van der Waals surface area contributed by atoms with Crippen molar-refractivity contribution in [3.63, 3.8) is 0 Å². The van der Waals surface area contributed by atoms with Gasteiger partial charge in [-0.3, -0.25) is 4.58 Å². The van der Waals surface area contributed by atoms with Crippen molar-refractivity contribution in [2.75, 3.05) is 6.61 Å². The number of hydrogen-bond donors (Lipinski definition) is 1. The van der Waals surface area contributed by atoms with Crippen molar-refractivity contribution in [2.45, 2.75) is 51.4 Å². The van der Waals surface area contributed by atoms with Crippen LogP contribution in [0, 0.1) is 0 Å². The first-order valence-electron chi connectivity index (χ1n) is 7.09. The van der Waals surface area contributed by atoms with Crippen LogP contribution >= 0.6 is 0 Å². The fraction of sp³-hybridized carbons (Fsp3) is 0.600. The average molecular weight is 282 g/mol. The normalized spacial score (nSPS) is 15.2. The van der Waals surface area contributed by atoms with Gasteiger partial charge in [0.05, 0.1) is 6.61 Å². The third-order valence-electron chi connectivity index (χ3n) is 4.02. The highest BCUT2D eigenvalue weighted by Crippen LogP contribution is 2.30. The van der Waals surface area contributed by atoms with E-state index in [0.717, 1.165) is 23.7 Å². The molecule has 19 heavy (non-hydrogen) atoms. The molecule has 0 aliphatic carbocycles. The summed E-state index contributed by atoms with van der Waals surface area (Å²) in [5.74, 6) is 0. The quantitative estimate of drug-likeness (QED) is 0.447. The zero-order valence-electron chi connectivity index (χ0n) is 12.5. The Hall–Kier alpha value is -0.683. The summed E-state index contributed by atoms with van der Waals surface area (Å²) in [5, 5.41) is 9.66. The predicted molar refractivity (Wildman–Crippen MR) is 80.2 cm³/mol. The largest absolute Gasteiger partial charge is 0.393 e. The van der Waals surface area contributed by atoms with Crippen LogP contribution in [0.3, 0.4) is 0 Å². The Bertz CT molecular complexity index is 357. The topological polar surface area (TPSA) is 38.7 Å². The molecule has 1 N–H and O–H groups in total. The van der Waals surface area contributed by atoms with E-state index in [0.29, 0.717) is 0 Å². The predicted octanol–water partition coefficient (Wildman–Crippen LogP) is 3.85. The smallest absolute Gasteiger partial charge is 0.238 e. The summed E-state index contributed by atoms with van der Waals surface area (Å²) in [6.45, 7) is 8.23. The van der Waals surface area contributed by atoms with E-state index in [1.54, 1.807) is 0 Å². The summed E-state index contributed by atoms with van der Waals surface area (Å²) in [4.78, 5) is 5.71. The molecule has 0 aliphatic rings. The van der Waals surface area contributed by atoms with Crippen molar-refractivity contribution in [1.29, 1.82) is 0 Å². The van der Waals surface area contributed by atoms with E-state index in [2.05, 4.69) is 20.8 Å².